The molecule has 0 spiro atoms. The summed E-state index contributed by atoms with van der Waals surface area (Å²) in [6, 6.07) is 1.83. The molecule has 0 aliphatic rings. The molecule has 0 aromatic carbocycles. The lowest BCUT2D eigenvalue weighted by atomic mass is 10.1. The molecule has 86 valence electrons. The molecule has 1 rings (SSSR count). The van der Waals surface area contributed by atoms with Crippen LogP contribution in [0.4, 0.5) is 0 Å². The summed E-state index contributed by atoms with van der Waals surface area (Å²) in [7, 11) is 0. The number of ether oxygens (including phenoxy) is 1. The number of pyridine rings is 1. The lowest BCUT2D eigenvalue weighted by Gasteiger charge is -2.10. The van der Waals surface area contributed by atoms with Gasteiger partial charge in [-0.05, 0) is 12.0 Å². The first-order valence-electron chi connectivity index (χ1n) is 5.43. The summed E-state index contributed by atoms with van der Waals surface area (Å²) in [4.78, 5) is 4.03. The highest BCUT2D eigenvalue weighted by atomic mass is 16.5. The highest BCUT2D eigenvalue weighted by Gasteiger charge is 2.00. The number of hydrogen-bond donors (Lipinski definition) is 1. The molecule has 0 aliphatic heterocycles. The maximum Gasteiger partial charge on any atom is 0.138 e. The minimum Gasteiger partial charge on any atom is -0.492 e. The lowest BCUT2D eigenvalue weighted by Crippen LogP contribution is -2.07. The Kier molecular flexibility index (Phi) is 5.38. The second kappa shape index (κ2) is 6.86. The molecule has 0 aliphatic carbocycles. The van der Waals surface area contributed by atoms with E-state index in [1.54, 1.807) is 12.4 Å². The van der Waals surface area contributed by atoms with Crippen LogP contribution in [0.1, 0.15) is 25.8 Å². The van der Waals surface area contributed by atoms with Gasteiger partial charge in [0.1, 0.15) is 12.4 Å². The predicted molar refractivity (Wildman–Crippen MR) is 63.2 cm³/mol. The summed E-state index contributed by atoms with van der Waals surface area (Å²) in [5, 5.41) is 8.58. The van der Waals surface area contributed by atoms with Gasteiger partial charge in [0.25, 0.3) is 0 Å². The van der Waals surface area contributed by atoms with Crippen LogP contribution in [0, 0.1) is 17.8 Å². The first-order chi connectivity index (χ1) is 7.76. The van der Waals surface area contributed by atoms with Gasteiger partial charge < -0.3 is 9.84 Å². The van der Waals surface area contributed by atoms with Crippen LogP contribution in [-0.2, 0) is 0 Å². The summed E-state index contributed by atoms with van der Waals surface area (Å²) >= 11 is 0. The third kappa shape index (κ3) is 4.33. The molecule has 0 amide bonds. The Balaban J connectivity index is 2.60. The molecular weight excluding hydrogens is 202 g/mol. The highest BCUT2D eigenvalue weighted by Crippen LogP contribution is 2.12. The average molecular weight is 219 g/mol. The number of hydrogen-bond acceptors (Lipinski definition) is 3. The van der Waals surface area contributed by atoms with Crippen LogP contribution in [0.5, 0.6) is 5.75 Å². The van der Waals surface area contributed by atoms with E-state index >= 15 is 0 Å². The average Bonchev–Trinajstić information content (AvgIpc) is 2.34. The molecule has 0 fully saturated rings. The molecule has 0 saturated heterocycles. The van der Waals surface area contributed by atoms with Crippen LogP contribution in [-0.4, -0.2) is 23.3 Å². The van der Waals surface area contributed by atoms with Crippen molar-refractivity contribution >= 4 is 0 Å². The van der Waals surface area contributed by atoms with Gasteiger partial charge in [-0.2, -0.15) is 0 Å². The standard InChI is InChI=1S/C13H17NO2/c1-3-11(2)10-16-13-7-12(5-4-6-15)8-14-9-13/h7-9,11,15H,3,6,10H2,1-2H3. The zero-order chi connectivity index (χ0) is 11.8. The first kappa shape index (κ1) is 12.5. The number of aromatic nitrogens is 1. The van der Waals surface area contributed by atoms with Gasteiger partial charge in [-0.1, -0.05) is 32.1 Å². The van der Waals surface area contributed by atoms with E-state index in [9.17, 15) is 0 Å². The zero-order valence-electron chi connectivity index (χ0n) is 9.73. The van der Waals surface area contributed by atoms with E-state index in [0.717, 1.165) is 17.7 Å². The van der Waals surface area contributed by atoms with Crippen LogP contribution in [0.2, 0.25) is 0 Å². The summed E-state index contributed by atoms with van der Waals surface area (Å²) in [6.07, 6.45) is 4.42. The molecule has 0 bridgehead atoms. The molecule has 1 aromatic heterocycles. The van der Waals surface area contributed by atoms with E-state index in [0.29, 0.717) is 12.5 Å². The minimum absolute atomic E-state index is 0.141. The molecule has 1 unspecified atom stereocenters. The summed E-state index contributed by atoms with van der Waals surface area (Å²) < 4.78 is 5.59. The van der Waals surface area contributed by atoms with Crippen molar-refractivity contribution in [2.75, 3.05) is 13.2 Å². The zero-order valence-corrected chi connectivity index (χ0v) is 9.73. The molecule has 3 heteroatoms. The molecule has 0 radical (unpaired) electrons. The molecule has 16 heavy (non-hydrogen) atoms. The van der Waals surface area contributed by atoms with E-state index in [4.69, 9.17) is 9.84 Å². The van der Waals surface area contributed by atoms with Gasteiger partial charge in [0.05, 0.1) is 12.8 Å². The number of rotatable bonds is 4. The van der Waals surface area contributed by atoms with Crippen molar-refractivity contribution in [1.82, 2.24) is 4.98 Å². The van der Waals surface area contributed by atoms with Crippen molar-refractivity contribution in [3.05, 3.63) is 24.0 Å². The second-order valence-electron chi connectivity index (χ2n) is 3.69. The van der Waals surface area contributed by atoms with E-state index in [1.807, 2.05) is 6.07 Å². The molecule has 1 N–H and O–H groups in total. The fraction of sp³-hybridized carbons (Fsp3) is 0.462. The van der Waals surface area contributed by atoms with Gasteiger partial charge in [0.15, 0.2) is 0 Å². The predicted octanol–water partition coefficient (Wildman–Crippen LogP) is 1.85. The molecule has 0 saturated carbocycles. The summed E-state index contributed by atoms with van der Waals surface area (Å²) in [5.41, 5.74) is 0.760. The van der Waals surface area contributed by atoms with E-state index in [-0.39, 0.29) is 6.61 Å². The van der Waals surface area contributed by atoms with Crippen LogP contribution < -0.4 is 4.74 Å². The van der Waals surface area contributed by atoms with Gasteiger partial charge in [0, 0.05) is 11.8 Å². The second-order valence-corrected chi connectivity index (χ2v) is 3.69. The molecule has 1 aromatic rings. The van der Waals surface area contributed by atoms with Crippen molar-refractivity contribution in [2.24, 2.45) is 5.92 Å². The Hall–Kier alpha value is -1.53. The largest absolute Gasteiger partial charge is 0.492 e. The third-order valence-electron chi connectivity index (χ3n) is 2.26. The Morgan fingerprint density at radius 3 is 3.00 bits per heavy atom. The molecule has 1 atom stereocenters. The number of aliphatic hydroxyl groups is 1. The Bertz CT molecular complexity index is 379. The van der Waals surface area contributed by atoms with Crippen molar-refractivity contribution in [2.45, 2.75) is 20.3 Å². The van der Waals surface area contributed by atoms with Crippen LogP contribution in [0.15, 0.2) is 18.5 Å². The van der Waals surface area contributed by atoms with Gasteiger partial charge >= 0.3 is 0 Å². The molecule has 3 nitrogen and oxygen atoms in total. The smallest absolute Gasteiger partial charge is 0.138 e. The SMILES string of the molecule is CCC(C)COc1cncc(C#CCO)c1. The molecular formula is C13H17NO2. The quantitative estimate of drug-likeness (QED) is 0.786. The first-order valence-corrected chi connectivity index (χ1v) is 5.43. The van der Waals surface area contributed by atoms with Gasteiger partial charge in [-0.15, -0.1) is 0 Å². The van der Waals surface area contributed by atoms with Crippen molar-refractivity contribution in [3.63, 3.8) is 0 Å². The Morgan fingerprint density at radius 2 is 2.31 bits per heavy atom. The Labute approximate surface area is 96.5 Å². The van der Waals surface area contributed by atoms with E-state index in [2.05, 4.69) is 30.7 Å². The fourth-order valence-electron chi connectivity index (χ4n) is 1.06. The summed E-state index contributed by atoms with van der Waals surface area (Å²) in [5.74, 6) is 6.63. The number of nitrogens with zero attached hydrogens (tertiary/aromatic N) is 1. The van der Waals surface area contributed by atoms with Crippen LogP contribution >= 0.6 is 0 Å². The fourth-order valence-corrected chi connectivity index (χ4v) is 1.06. The topological polar surface area (TPSA) is 42.4 Å². The maximum atomic E-state index is 8.58. The molecule has 1 heterocycles. The van der Waals surface area contributed by atoms with Gasteiger partial charge in [-0.3, -0.25) is 4.98 Å². The normalized spacial score (nSPS) is 11.4. The maximum absolute atomic E-state index is 8.58. The Morgan fingerprint density at radius 1 is 1.50 bits per heavy atom. The van der Waals surface area contributed by atoms with Crippen LogP contribution in [0.25, 0.3) is 0 Å². The third-order valence-corrected chi connectivity index (χ3v) is 2.26. The highest BCUT2D eigenvalue weighted by molar-refractivity contribution is 5.36. The van der Waals surface area contributed by atoms with Gasteiger partial charge in [-0.25, -0.2) is 0 Å². The lowest BCUT2D eigenvalue weighted by molar-refractivity contribution is 0.255. The van der Waals surface area contributed by atoms with Crippen LogP contribution in [0.3, 0.4) is 0 Å². The summed E-state index contributed by atoms with van der Waals surface area (Å²) in [6.45, 7) is 4.82. The van der Waals surface area contributed by atoms with E-state index < -0.39 is 0 Å². The van der Waals surface area contributed by atoms with Crippen molar-refractivity contribution in [3.8, 4) is 17.6 Å². The van der Waals surface area contributed by atoms with Crippen molar-refractivity contribution < 1.29 is 9.84 Å². The van der Waals surface area contributed by atoms with Crippen molar-refractivity contribution in [1.29, 1.82) is 0 Å². The van der Waals surface area contributed by atoms with Gasteiger partial charge in [0.2, 0.25) is 0 Å². The van der Waals surface area contributed by atoms with E-state index in [1.165, 1.54) is 0 Å². The minimum atomic E-state index is -0.141. The number of aliphatic hydroxyl groups excluding tert-OH is 1. The monoisotopic (exact) mass is 219 g/mol.